The standard InChI is InChI=1S/C26H42N8/c1-5-20(2)9-12-28-11-6-13-33(23-16-31-32(4)18-23)17-21-7-8-22(15-21)34-14-10-24-25(27-3)29-19-30-26(24)34/h5,10,14,16,18-19,21-22,24,26,28H,6-9,11-13,15,17H2,1-4H3,(H,27,29,30)/b20-5+. The number of aliphatic imine (C=N–C) groups is 2. The third kappa shape index (κ3) is 5.90. The molecule has 0 aromatic carbocycles. The zero-order valence-electron chi connectivity index (χ0n) is 21.3. The van der Waals surface area contributed by atoms with Gasteiger partial charge in [-0.25, -0.2) is 9.98 Å². The van der Waals surface area contributed by atoms with Crippen LogP contribution in [0.3, 0.4) is 0 Å². The fourth-order valence-electron chi connectivity index (χ4n) is 5.43. The highest BCUT2D eigenvalue weighted by Gasteiger charge is 2.40. The first-order valence-electron chi connectivity index (χ1n) is 12.9. The van der Waals surface area contributed by atoms with Crippen LogP contribution in [0.2, 0.25) is 0 Å². The first-order valence-corrected chi connectivity index (χ1v) is 12.9. The molecule has 0 radical (unpaired) electrons. The van der Waals surface area contributed by atoms with Crippen molar-refractivity contribution in [3.63, 3.8) is 0 Å². The van der Waals surface area contributed by atoms with Gasteiger partial charge in [0.25, 0.3) is 0 Å². The van der Waals surface area contributed by atoms with E-state index in [0.717, 1.165) is 44.9 Å². The molecule has 34 heavy (non-hydrogen) atoms. The molecule has 186 valence electrons. The van der Waals surface area contributed by atoms with Gasteiger partial charge in [0, 0.05) is 39.4 Å². The molecule has 1 aliphatic carbocycles. The lowest BCUT2D eigenvalue weighted by Gasteiger charge is -2.33. The van der Waals surface area contributed by atoms with Gasteiger partial charge in [-0.05, 0) is 71.2 Å². The van der Waals surface area contributed by atoms with Gasteiger partial charge < -0.3 is 20.4 Å². The zero-order chi connectivity index (χ0) is 23.9. The Labute approximate surface area is 204 Å². The van der Waals surface area contributed by atoms with Crippen molar-refractivity contribution in [2.75, 3.05) is 38.1 Å². The summed E-state index contributed by atoms with van der Waals surface area (Å²) in [6.45, 7) is 8.58. The summed E-state index contributed by atoms with van der Waals surface area (Å²) in [5.74, 6) is 1.96. The van der Waals surface area contributed by atoms with E-state index in [4.69, 9.17) is 4.99 Å². The number of nitrogens with zero attached hydrogens (tertiary/aromatic N) is 6. The van der Waals surface area contributed by atoms with E-state index < -0.39 is 0 Å². The maximum absolute atomic E-state index is 4.71. The minimum atomic E-state index is 0.162. The first kappa shape index (κ1) is 24.5. The van der Waals surface area contributed by atoms with Gasteiger partial charge in [0.15, 0.2) is 0 Å². The Morgan fingerprint density at radius 1 is 1.29 bits per heavy atom. The van der Waals surface area contributed by atoms with Crippen molar-refractivity contribution in [3.05, 3.63) is 36.3 Å². The highest BCUT2D eigenvalue weighted by atomic mass is 15.3. The Balaban J connectivity index is 1.29. The topological polar surface area (TPSA) is 73.1 Å². The third-order valence-electron chi connectivity index (χ3n) is 7.52. The molecule has 1 aromatic heterocycles. The van der Waals surface area contributed by atoms with E-state index in [-0.39, 0.29) is 12.1 Å². The largest absolute Gasteiger partial charge is 0.376 e. The Kier molecular flexibility index (Phi) is 8.43. The minimum absolute atomic E-state index is 0.162. The van der Waals surface area contributed by atoms with Gasteiger partial charge in [-0.15, -0.1) is 0 Å². The van der Waals surface area contributed by atoms with Gasteiger partial charge in [-0.2, -0.15) is 5.10 Å². The van der Waals surface area contributed by atoms with Crippen LogP contribution in [0.5, 0.6) is 0 Å². The van der Waals surface area contributed by atoms with Crippen LogP contribution in [0.4, 0.5) is 5.69 Å². The Bertz CT molecular complexity index is 914. The summed E-state index contributed by atoms with van der Waals surface area (Å²) in [5, 5.41) is 11.3. The SMILES string of the molecule is C/C=C(\C)CCNCCCN(CC1CCC(N2C=CC3C(NC)=NC=NC32)C1)c1cnn(C)c1. The molecule has 8 heteroatoms. The molecule has 1 fully saturated rings. The summed E-state index contributed by atoms with van der Waals surface area (Å²) >= 11 is 0. The molecular weight excluding hydrogens is 424 g/mol. The molecule has 3 heterocycles. The number of allylic oxidation sites excluding steroid dienone is 1. The highest BCUT2D eigenvalue weighted by Crippen LogP contribution is 2.37. The van der Waals surface area contributed by atoms with E-state index >= 15 is 0 Å². The van der Waals surface area contributed by atoms with Crippen LogP contribution >= 0.6 is 0 Å². The fraction of sp³-hybridized carbons (Fsp3) is 0.654. The summed E-state index contributed by atoms with van der Waals surface area (Å²) in [4.78, 5) is 14.2. The van der Waals surface area contributed by atoms with Crippen molar-refractivity contribution in [2.24, 2.45) is 28.9 Å². The van der Waals surface area contributed by atoms with Crippen LogP contribution in [0.15, 0.2) is 46.3 Å². The molecule has 2 aliphatic heterocycles. The number of anilines is 1. The van der Waals surface area contributed by atoms with E-state index in [1.807, 2.05) is 25.0 Å². The van der Waals surface area contributed by atoms with E-state index in [1.165, 1.54) is 30.5 Å². The monoisotopic (exact) mass is 466 g/mol. The molecule has 0 spiro atoms. The van der Waals surface area contributed by atoms with Crippen molar-refractivity contribution in [1.82, 2.24) is 25.3 Å². The molecule has 1 saturated carbocycles. The number of hydrogen-bond donors (Lipinski definition) is 2. The summed E-state index contributed by atoms with van der Waals surface area (Å²) in [5.41, 5.74) is 2.69. The second kappa shape index (κ2) is 11.7. The zero-order valence-corrected chi connectivity index (χ0v) is 21.3. The molecule has 4 atom stereocenters. The smallest absolute Gasteiger partial charge is 0.136 e. The first-order chi connectivity index (χ1) is 16.6. The average molecular weight is 467 g/mol. The van der Waals surface area contributed by atoms with E-state index in [2.05, 4.69) is 68.9 Å². The second-order valence-electron chi connectivity index (χ2n) is 9.90. The predicted octanol–water partition coefficient (Wildman–Crippen LogP) is 3.16. The van der Waals surface area contributed by atoms with Crippen LogP contribution in [0.1, 0.15) is 46.0 Å². The van der Waals surface area contributed by atoms with E-state index in [1.54, 1.807) is 6.34 Å². The lowest BCUT2D eigenvalue weighted by Crippen LogP contribution is -2.44. The maximum atomic E-state index is 4.71. The lowest BCUT2D eigenvalue weighted by atomic mass is 10.0. The van der Waals surface area contributed by atoms with E-state index in [0.29, 0.717) is 12.0 Å². The molecule has 4 rings (SSSR count). The Morgan fingerprint density at radius 3 is 2.94 bits per heavy atom. The van der Waals surface area contributed by atoms with Gasteiger partial charge in [-0.3, -0.25) is 4.68 Å². The summed E-state index contributed by atoms with van der Waals surface area (Å²) < 4.78 is 1.91. The highest BCUT2D eigenvalue weighted by molar-refractivity contribution is 5.94. The second-order valence-corrected chi connectivity index (χ2v) is 9.90. The molecule has 0 saturated heterocycles. The number of rotatable bonds is 11. The van der Waals surface area contributed by atoms with Crippen molar-refractivity contribution in [2.45, 2.75) is 58.2 Å². The number of fused-ring (bicyclic) bond motifs is 1. The molecule has 2 N–H and O–H groups in total. The normalized spacial score (nSPS) is 26.2. The average Bonchev–Trinajstić information content (AvgIpc) is 3.59. The summed E-state index contributed by atoms with van der Waals surface area (Å²) in [7, 11) is 3.95. The van der Waals surface area contributed by atoms with Gasteiger partial charge in [0.2, 0.25) is 0 Å². The summed E-state index contributed by atoms with van der Waals surface area (Å²) in [6, 6.07) is 0.553. The Hall–Kier alpha value is -2.61. The molecular formula is C26H42N8. The van der Waals surface area contributed by atoms with Crippen LogP contribution < -0.4 is 15.5 Å². The van der Waals surface area contributed by atoms with Gasteiger partial charge in [-0.1, -0.05) is 17.7 Å². The predicted molar refractivity (Wildman–Crippen MR) is 141 cm³/mol. The molecule has 0 bridgehead atoms. The minimum Gasteiger partial charge on any atom is -0.376 e. The Morgan fingerprint density at radius 2 is 2.18 bits per heavy atom. The quantitative estimate of drug-likeness (QED) is 0.387. The summed E-state index contributed by atoms with van der Waals surface area (Å²) in [6.07, 6.45) is 18.7. The fourth-order valence-corrected chi connectivity index (χ4v) is 5.43. The number of aromatic nitrogens is 2. The molecule has 1 aromatic rings. The van der Waals surface area contributed by atoms with Gasteiger partial charge in [0.1, 0.15) is 18.3 Å². The van der Waals surface area contributed by atoms with Crippen LogP contribution in [0, 0.1) is 11.8 Å². The van der Waals surface area contributed by atoms with Crippen molar-refractivity contribution in [3.8, 4) is 0 Å². The number of amidine groups is 1. The maximum Gasteiger partial charge on any atom is 0.136 e. The molecule has 0 amide bonds. The van der Waals surface area contributed by atoms with Crippen LogP contribution in [0.25, 0.3) is 0 Å². The van der Waals surface area contributed by atoms with Gasteiger partial charge in [0.05, 0.1) is 17.8 Å². The molecule has 3 aliphatic rings. The van der Waals surface area contributed by atoms with Crippen LogP contribution in [-0.4, -0.2) is 72.3 Å². The molecule has 4 unspecified atom stereocenters. The molecule has 8 nitrogen and oxygen atoms in total. The lowest BCUT2D eigenvalue weighted by molar-refractivity contribution is 0.210. The van der Waals surface area contributed by atoms with Crippen molar-refractivity contribution >= 4 is 17.9 Å². The number of aryl methyl sites for hydroxylation is 1. The van der Waals surface area contributed by atoms with E-state index in [9.17, 15) is 0 Å². The van der Waals surface area contributed by atoms with Gasteiger partial charge >= 0.3 is 0 Å². The number of nitrogens with one attached hydrogen (secondary N) is 2. The van der Waals surface area contributed by atoms with Crippen molar-refractivity contribution < 1.29 is 0 Å². The third-order valence-corrected chi connectivity index (χ3v) is 7.52. The number of hydrogen-bond acceptors (Lipinski definition) is 7. The van der Waals surface area contributed by atoms with Crippen LogP contribution in [-0.2, 0) is 7.05 Å². The van der Waals surface area contributed by atoms with Crippen molar-refractivity contribution in [1.29, 1.82) is 0 Å².